The van der Waals surface area contributed by atoms with E-state index in [1.165, 1.54) is 4.90 Å². The van der Waals surface area contributed by atoms with Crippen LogP contribution >= 0.6 is 0 Å². The average Bonchev–Trinajstić information content (AvgIpc) is 2.43. The van der Waals surface area contributed by atoms with Gasteiger partial charge in [-0.25, -0.2) is 0 Å². The summed E-state index contributed by atoms with van der Waals surface area (Å²) in [6.45, 7) is 11.4. The molecule has 0 fully saturated rings. The first kappa shape index (κ1) is 14.7. The number of rotatable bonds is 1. The average molecular weight is 253 g/mol. The number of likely N-dealkylation sites (N-methyl/N-ethyl adjacent to an activating group) is 1. The third-order valence-electron chi connectivity index (χ3n) is 2.94. The van der Waals surface area contributed by atoms with Gasteiger partial charge in [0.25, 0.3) is 0 Å². The highest BCUT2D eigenvalue weighted by atomic mass is 16.6. The van der Waals surface area contributed by atoms with Crippen LogP contribution in [0.3, 0.4) is 0 Å². The minimum Gasteiger partial charge on any atom is -0.437 e. The van der Waals surface area contributed by atoms with E-state index in [9.17, 15) is 9.59 Å². The Hall–Kier alpha value is -1.32. The van der Waals surface area contributed by atoms with Gasteiger partial charge in [-0.2, -0.15) is 0 Å². The van der Waals surface area contributed by atoms with Gasteiger partial charge in [-0.1, -0.05) is 20.8 Å². The van der Waals surface area contributed by atoms with Crippen molar-refractivity contribution < 1.29 is 14.3 Å². The molecule has 0 spiro atoms. The third-order valence-corrected chi connectivity index (χ3v) is 2.94. The minimum absolute atomic E-state index is 0.119. The van der Waals surface area contributed by atoms with Crippen molar-refractivity contribution in [1.29, 1.82) is 0 Å². The summed E-state index contributed by atoms with van der Waals surface area (Å²) in [6, 6.07) is 0. The highest BCUT2D eigenvalue weighted by molar-refractivity contribution is 5.92. The second kappa shape index (κ2) is 4.41. The summed E-state index contributed by atoms with van der Waals surface area (Å²) < 4.78 is 5.50. The molecule has 0 aliphatic carbocycles. The lowest BCUT2D eigenvalue weighted by Gasteiger charge is -2.31. The fourth-order valence-electron chi connectivity index (χ4n) is 1.64. The second-order valence-corrected chi connectivity index (χ2v) is 6.81. The number of nitrogens with zero attached hydrogens (tertiary/aromatic N) is 1. The molecule has 1 aliphatic rings. The number of ether oxygens (including phenoxy) is 1. The number of amides is 1. The van der Waals surface area contributed by atoms with Crippen LogP contribution in [0, 0.1) is 10.8 Å². The van der Waals surface area contributed by atoms with Crippen molar-refractivity contribution in [2.45, 2.75) is 47.8 Å². The Bertz CT molecular complexity index is 396. The minimum atomic E-state index is -0.579. The Morgan fingerprint density at radius 3 is 2.11 bits per heavy atom. The van der Waals surface area contributed by atoms with Gasteiger partial charge in [0.2, 0.25) is 12.1 Å². The van der Waals surface area contributed by atoms with E-state index in [0.717, 1.165) is 5.57 Å². The van der Waals surface area contributed by atoms with Crippen LogP contribution in [0.1, 0.15) is 41.5 Å². The molecule has 0 saturated heterocycles. The van der Waals surface area contributed by atoms with E-state index in [1.54, 1.807) is 33.9 Å². The zero-order valence-electron chi connectivity index (χ0n) is 12.3. The normalized spacial score (nSPS) is 21.1. The van der Waals surface area contributed by atoms with E-state index in [-0.39, 0.29) is 17.3 Å². The topological polar surface area (TPSA) is 46.6 Å². The fraction of sp³-hybridized carbons (Fsp3) is 0.714. The van der Waals surface area contributed by atoms with Gasteiger partial charge in [-0.15, -0.1) is 0 Å². The van der Waals surface area contributed by atoms with Crippen LogP contribution in [0.4, 0.5) is 0 Å². The van der Waals surface area contributed by atoms with Crippen molar-refractivity contribution >= 4 is 11.9 Å². The molecule has 1 aliphatic heterocycles. The zero-order valence-corrected chi connectivity index (χ0v) is 12.3. The monoisotopic (exact) mass is 253 g/mol. The lowest BCUT2D eigenvalue weighted by atomic mass is 9.86. The van der Waals surface area contributed by atoms with E-state index in [4.69, 9.17) is 4.74 Å². The molecule has 18 heavy (non-hydrogen) atoms. The summed E-state index contributed by atoms with van der Waals surface area (Å²) in [6.07, 6.45) is 0.991. The third kappa shape index (κ3) is 2.92. The molecule has 0 bridgehead atoms. The second-order valence-electron chi connectivity index (χ2n) is 6.81. The van der Waals surface area contributed by atoms with Gasteiger partial charge in [-0.05, 0) is 26.2 Å². The molecular formula is C14H23NO3. The van der Waals surface area contributed by atoms with E-state index in [0.29, 0.717) is 0 Å². The van der Waals surface area contributed by atoms with Crippen LogP contribution in [-0.2, 0) is 14.3 Å². The number of hydrogen-bond acceptors (Lipinski definition) is 3. The van der Waals surface area contributed by atoms with Gasteiger partial charge in [0.15, 0.2) is 0 Å². The molecule has 0 radical (unpaired) electrons. The van der Waals surface area contributed by atoms with Gasteiger partial charge in [0.1, 0.15) is 0 Å². The van der Waals surface area contributed by atoms with Crippen LogP contribution in [0.2, 0.25) is 0 Å². The molecule has 1 rings (SSSR count). The van der Waals surface area contributed by atoms with Gasteiger partial charge in [0, 0.05) is 18.7 Å². The lowest BCUT2D eigenvalue weighted by Crippen LogP contribution is -2.40. The summed E-state index contributed by atoms with van der Waals surface area (Å²) >= 11 is 0. The van der Waals surface area contributed by atoms with Gasteiger partial charge < -0.3 is 9.64 Å². The van der Waals surface area contributed by atoms with Crippen molar-refractivity contribution in [3.63, 3.8) is 0 Å². The summed E-state index contributed by atoms with van der Waals surface area (Å²) in [5.74, 6) is -0.421. The molecule has 4 nitrogen and oxygen atoms in total. The molecule has 1 atom stereocenters. The number of hydrogen-bond donors (Lipinski definition) is 0. The lowest BCUT2D eigenvalue weighted by molar-refractivity contribution is -0.165. The Kier molecular flexibility index (Phi) is 3.61. The van der Waals surface area contributed by atoms with Crippen LogP contribution in [0.5, 0.6) is 0 Å². The maximum Gasteiger partial charge on any atom is 0.313 e. The number of carbonyl (C=O) groups is 2. The summed E-state index contributed by atoms with van der Waals surface area (Å²) in [5.41, 5.74) is 0.0613. The van der Waals surface area contributed by atoms with Crippen LogP contribution in [0.15, 0.2) is 11.6 Å². The van der Waals surface area contributed by atoms with Crippen molar-refractivity contribution in [2.75, 3.05) is 7.05 Å². The Labute approximate surface area is 109 Å². The van der Waals surface area contributed by atoms with Crippen molar-refractivity contribution in [2.24, 2.45) is 10.8 Å². The maximum absolute atomic E-state index is 12.0. The Morgan fingerprint density at radius 1 is 1.22 bits per heavy atom. The maximum atomic E-state index is 12.0. The number of esters is 1. The zero-order chi connectivity index (χ0) is 14.3. The molecule has 0 aromatic carbocycles. The summed E-state index contributed by atoms with van der Waals surface area (Å²) in [5, 5.41) is 0. The molecule has 0 saturated carbocycles. The fourth-order valence-corrected chi connectivity index (χ4v) is 1.64. The molecule has 0 N–H and O–H groups in total. The first-order valence-electron chi connectivity index (χ1n) is 6.14. The van der Waals surface area contributed by atoms with Crippen LogP contribution < -0.4 is 0 Å². The van der Waals surface area contributed by atoms with Crippen molar-refractivity contribution in [3.05, 3.63) is 11.6 Å². The molecule has 0 aromatic rings. The first-order chi connectivity index (χ1) is 7.94. The van der Waals surface area contributed by atoms with E-state index < -0.39 is 11.6 Å². The smallest absolute Gasteiger partial charge is 0.313 e. The van der Waals surface area contributed by atoms with Crippen molar-refractivity contribution in [3.8, 4) is 0 Å². The van der Waals surface area contributed by atoms with Gasteiger partial charge in [0.05, 0.1) is 5.41 Å². The van der Waals surface area contributed by atoms with Crippen molar-refractivity contribution in [1.82, 2.24) is 4.90 Å². The molecule has 1 unspecified atom stereocenters. The number of carbonyl (C=O) groups excluding carboxylic acids is 2. The van der Waals surface area contributed by atoms with E-state index in [2.05, 4.69) is 0 Å². The standard InChI is InChI=1S/C14H23NO3/c1-13(2,3)9-8-10(16)15(7)11(9)18-12(17)14(4,5)6/h8,11H,1-7H3. The Balaban J connectivity index is 2.97. The molecule has 1 amide bonds. The first-order valence-corrected chi connectivity index (χ1v) is 6.14. The van der Waals surface area contributed by atoms with Crippen LogP contribution in [-0.4, -0.2) is 30.1 Å². The molecular weight excluding hydrogens is 230 g/mol. The quantitative estimate of drug-likeness (QED) is 0.674. The Morgan fingerprint density at radius 2 is 1.72 bits per heavy atom. The largest absolute Gasteiger partial charge is 0.437 e. The van der Waals surface area contributed by atoms with Gasteiger partial charge in [-0.3, -0.25) is 9.59 Å². The summed E-state index contributed by atoms with van der Waals surface area (Å²) in [4.78, 5) is 25.2. The van der Waals surface area contributed by atoms with Gasteiger partial charge >= 0.3 is 5.97 Å². The SMILES string of the molecule is CN1C(=O)C=C(C(C)(C)C)C1OC(=O)C(C)(C)C. The highest BCUT2D eigenvalue weighted by Gasteiger charge is 2.40. The molecule has 1 heterocycles. The molecule has 0 aromatic heterocycles. The summed E-state index contributed by atoms with van der Waals surface area (Å²) in [7, 11) is 1.65. The van der Waals surface area contributed by atoms with E-state index in [1.807, 2.05) is 20.8 Å². The molecule has 4 heteroatoms. The predicted octanol–water partition coefficient (Wildman–Crippen LogP) is 2.35. The van der Waals surface area contributed by atoms with Crippen LogP contribution in [0.25, 0.3) is 0 Å². The highest BCUT2D eigenvalue weighted by Crippen LogP contribution is 2.35. The molecule has 102 valence electrons. The van der Waals surface area contributed by atoms with E-state index >= 15 is 0 Å². The predicted molar refractivity (Wildman–Crippen MR) is 69.6 cm³/mol.